The van der Waals surface area contributed by atoms with E-state index in [0.717, 1.165) is 116 Å². The van der Waals surface area contributed by atoms with Crippen LogP contribution in [-0.4, -0.2) is 129 Å². The lowest BCUT2D eigenvalue weighted by Crippen LogP contribution is -2.35. The third-order valence-corrected chi connectivity index (χ3v) is 12.9. The van der Waals surface area contributed by atoms with Crippen LogP contribution in [0.3, 0.4) is 0 Å². The van der Waals surface area contributed by atoms with Gasteiger partial charge in [0.1, 0.15) is 19.8 Å². The topological polar surface area (TPSA) is 184 Å². The summed E-state index contributed by atoms with van der Waals surface area (Å²) < 4.78 is 28.3. The molecular weight excluding hydrogens is 923 g/mol. The summed E-state index contributed by atoms with van der Waals surface area (Å²) in [4.78, 5) is 101. The molecule has 1 amide bonds. The standard InChI is InChI=1S/C56H104N3O13/c1-11-15-19-23-31-45(5)54(63)67-41-49(42-68-55(64)46(6)32-24-20-16-12-2)71-52(61)36-29-39-58(51(60)35-27-28-38-57(9)10)40-30-37-53(62)72-50(43-69-56(65)47(7)33-25-21-17-13-3)44-70-59(66)48(8)34-26-22-18-14-4/h45-50H,11-44H2,1-10H3/q+1. The fourth-order valence-electron chi connectivity index (χ4n) is 7.97. The van der Waals surface area contributed by atoms with E-state index in [4.69, 9.17) is 28.5 Å². The molecule has 0 aliphatic carbocycles. The maximum atomic E-state index is 13.6. The van der Waals surface area contributed by atoms with Crippen LogP contribution in [0.5, 0.6) is 0 Å². The highest BCUT2D eigenvalue weighted by Crippen LogP contribution is 2.17. The van der Waals surface area contributed by atoms with E-state index in [0.29, 0.717) is 43.4 Å². The minimum absolute atomic E-state index is 0.0572. The van der Waals surface area contributed by atoms with Crippen molar-refractivity contribution in [3.05, 3.63) is 4.91 Å². The van der Waals surface area contributed by atoms with Gasteiger partial charge in [0.2, 0.25) is 17.4 Å². The Bertz CT molecular complexity index is 1300. The Morgan fingerprint density at radius 1 is 0.431 bits per heavy atom. The normalized spacial score (nSPS) is 13.8. The molecule has 0 aromatic heterocycles. The fourth-order valence-corrected chi connectivity index (χ4v) is 7.97. The molecular formula is C56H104N3O13+. The minimum Gasteiger partial charge on any atom is -0.461 e. The molecule has 5 atom stereocenters. The molecule has 72 heavy (non-hydrogen) atoms. The second-order valence-electron chi connectivity index (χ2n) is 20.5. The molecule has 5 unspecified atom stereocenters. The van der Waals surface area contributed by atoms with Gasteiger partial charge < -0.3 is 33.5 Å². The molecule has 16 heteroatoms. The number of carbonyl (C=O) groups is 6. The molecule has 0 aromatic carbocycles. The Balaban J connectivity index is 5.80. The smallest absolute Gasteiger partial charge is 0.308 e. The van der Waals surface area contributed by atoms with E-state index in [1.807, 2.05) is 34.9 Å². The van der Waals surface area contributed by atoms with Crippen LogP contribution in [0, 0.1) is 22.7 Å². The molecule has 0 aliphatic heterocycles. The van der Waals surface area contributed by atoms with Crippen molar-refractivity contribution in [3.63, 3.8) is 0 Å². The monoisotopic (exact) mass is 1030 g/mol. The van der Waals surface area contributed by atoms with Gasteiger partial charge in [-0.2, -0.15) is 0 Å². The fraction of sp³-hybridized carbons (Fsp3) is 0.893. The Morgan fingerprint density at radius 3 is 1.18 bits per heavy atom. The summed E-state index contributed by atoms with van der Waals surface area (Å²) in [6.07, 6.45) is 19.3. The Kier molecular flexibility index (Phi) is 42.3. The number of unbranched alkanes of at least 4 members (excludes halogenated alkanes) is 13. The summed E-state index contributed by atoms with van der Waals surface area (Å²) in [5.74, 6) is -3.48. The highest BCUT2D eigenvalue weighted by atomic mass is 16.8. The van der Waals surface area contributed by atoms with E-state index < -0.39 is 48.1 Å². The Morgan fingerprint density at radius 2 is 0.806 bits per heavy atom. The van der Waals surface area contributed by atoms with Crippen LogP contribution in [0.4, 0.5) is 0 Å². The van der Waals surface area contributed by atoms with E-state index in [9.17, 15) is 33.7 Å². The van der Waals surface area contributed by atoms with Gasteiger partial charge >= 0.3 is 29.8 Å². The molecule has 0 spiro atoms. The number of amides is 1. The van der Waals surface area contributed by atoms with E-state index in [-0.39, 0.29) is 88.9 Å². The second-order valence-corrected chi connectivity index (χ2v) is 20.5. The molecule has 0 saturated heterocycles. The van der Waals surface area contributed by atoms with Gasteiger partial charge in [-0.3, -0.25) is 28.8 Å². The number of hydrogen-bond acceptors (Lipinski definition) is 14. The number of rotatable bonds is 48. The number of hydrogen-bond donors (Lipinski definition) is 0. The Labute approximate surface area is 436 Å². The van der Waals surface area contributed by atoms with Crippen molar-refractivity contribution in [2.75, 3.05) is 60.2 Å². The van der Waals surface area contributed by atoms with Gasteiger partial charge in [0.05, 0.1) is 22.7 Å². The lowest BCUT2D eigenvalue weighted by Gasteiger charge is -2.24. The molecule has 0 bridgehead atoms. The first-order valence-electron chi connectivity index (χ1n) is 28.4. The molecule has 0 N–H and O–H groups in total. The van der Waals surface area contributed by atoms with Crippen molar-refractivity contribution in [1.29, 1.82) is 0 Å². The summed E-state index contributed by atoms with van der Waals surface area (Å²) in [5.41, 5.74) is 0. The number of nitrogens with zero attached hydrogens (tertiary/aromatic N) is 3. The predicted molar refractivity (Wildman–Crippen MR) is 282 cm³/mol. The molecule has 0 saturated carbocycles. The van der Waals surface area contributed by atoms with Crippen LogP contribution in [0.25, 0.3) is 0 Å². The van der Waals surface area contributed by atoms with Crippen molar-refractivity contribution >= 4 is 35.8 Å². The van der Waals surface area contributed by atoms with Crippen molar-refractivity contribution in [3.8, 4) is 0 Å². The average molecular weight is 1030 g/mol. The van der Waals surface area contributed by atoms with Crippen molar-refractivity contribution in [2.24, 2.45) is 17.8 Å². The molecule has 0 radical (unpaired) electrons. The highest BCUT2D eigenvalue weighted by molar-refractivity contribution is 5.76. The zero-order chi connectivity index (χ0) is 53.9. The largest absolute Gasteiger partial charge is 0.461 e. The summed E-state index contributed by atoms with van der Waals surface area (Å²) in [6, 6.07) is -0.412. The zero-order valence-corrected chi connectivity index (χ0v) is 47.2. The lowest BCUT2D eigenvalue weighted by atomic mass is 10.0. The maximum absolute atomic E-state index is 13.6. The quantitative estimate of drug-likeness (QED) is 0.0243. The van der Waals surface area contributed by atoms with Gasteiger partial charge in [-0.1, -0.05) is 145 Å². The first-order valence-corrected chi connectivity index (χ1v) is 28.4. The SMILES string of the molecule is CCCCCCC(C)C(=O)OCC(COC(=O)C(C)CCCCCC)OC(=O)CCCN(CCCC(=O)OC(COC(=O)C(C)CCCCCC)CO[N+](=O)C(C)CCCCCC)C(=O)CCCCN(C)C. The van der Waals surface area contributed by atoms with Gasteiger partial charge in [0.25, 0.3) is 6.04 Å². The molecule has 0 aliphatic rings. The Hall–Kier alpha value is -3.82. The summed E-state index contributed by atoms with van der Waals surface area (Å²) >= 11 is 0. The third kappa shape index (κ3) is 37.0. The van der Waals surface area contributed by atoms with Crippen LogP contribution in [0.15, 0.2) is 0 Å². The predicted octanol–water partition coefficient (Wildman–Crippen LogP) is 11.4. The van der Waals surface area contributed by atoms with Crippen molar-refractivity contribution in [2.45, 2.75) is 247 Å². The molecule has 0 heterocycles. The average Bonchev–Trinajstić information content (AvgIpc) is 3.35. The number of esters is 5. The van der Waals surface area contributed by atoms with E-state index >= 15 is 0 Å². The van der Waals surface area contributed by atoms with Crippen LogP contribution in [-0.2, 0) is 57.3 Å². The number of ether oxygens (including phenoxy) is 5. The summed E-state index contributed by atoms with van der Waals surface area (Å²) in [6.45, 7) is 15.9. The maximum Gasteiger partial charge on any atom is 0.308 e. The van der Waals surface area contributed by atoms with Crippen LogP contribution in [0.2, 0.25) is 0 Å². The van der Waals surface area contributed by atoms with Crippen LogP contribution in [0.1, 0.15) is 229 Å². The minimum atomic E-state index is -1.02. The summed E-state index contributed by atoms with van der Waals surface area (Å²) in [5, 5.41) is 0. The van der Waals surface area contributed by atoms with Crippen LogP contribution < -0.4 is 0 Å². The lowest BCUT2D eigenvalue weighted by molar-refractivity contribution is -0.826. The van der Waals surface area contributed by atoms with Crippen LogP contribution >= 0.6 is 0 Å². The van der Waals surface area contributed by atoms with Gasteiger partial charge in [0, 0.05) is 45.7 Å². The molecule has 0 rings (SSSR count). The molecule has 16 nitrogen and oxygen atoms in total. The molecule has 420 valence electrons. The number of carbonyl (C=O) groups excluding carboxylic acids is 6. The van der Waals surface area contributed by atoms with Gasteiger partial charge in [0.15, 0.2) is 12.2 Å². The molecule has 0 aromatic rings. The molecule has 0 fully saturated rings. The summed E-state index contributed by atoms with van der Waals surface area (Å²) in [7, 11) is 3.95. The van der Waals surface area contributed by atoms with Gasteiger partial charge in [-0.25, -0.2) is 4.84 Å². The highest BCUT2D eigenvalue weighted by Gasteiger charge is 2.28. The van der Waals surface area contributed by atoms with Crippen molar-refractivity contribution < 1.29 is 62.2 Å². The van der Waals surface area contributed by atoms with E-state index in [1.54, 1.807) is 11.8 Å². The first kappa shape index (κ1) is 68.2. The third-order valence-electron chi connectivity index (χ3n) is 12.9. The second kappa shape index (κ2) is 44.6. The van der Waals surface area contributed by atoms with Crippen molar-refractivity contribution in [1.82, 2.24) is 9.80 Å². The van der Waals surface area contributed by atoms with Gasteiger partial charge in [-0.05, 0) is 72.0 Å². The van der Waals surface area contributed by atoms with E-state index in [1.165, 1.54) is 0 Å². The van der Waals surface area contributed by atoms with Gasteiger partial charge in [-0.15, -0.1) is 0 Å². The zero-order valence-electron chi connectivity index (χ0n) is 47.2. The first-order chi connectivity index (χ1) is 34.5. The van der Waals surface area contributed by atoms with E-state index in [2.05, 4.69) is 32.6 Å².